The van der Waals surface area contributed by atoms with Gasteiger partial charge in [-0.25, -0.2) is 0 Å². The molecule has 196 valence electrons. The molecule has 0 aromatic heterocycles. The Morgan fingerprint density at radius 1 is 0.919 bits per heavy atom. The number of ether oxygens (including phenoxy) is 1. The number of carbonyl (C=O) groups excluding carboxylic acids is 2. The van der Waals surface area contributed by atoms with E-state index in [1.54, 1.807) is 18.2 Å². The van der Waals surface area contributed by atoms with Gasteiger partial charge in [0.1, 0.15) is 11.8 Å². The second-order valence-electron chi connectivity index (χ2n) is 9.89. The van der Waals surface area contributed by atoms with E-state index < -0.39 is 6.04 Å². The first kappa shape index (κ1) is 28.5. The Labute approximate surface area is 229 Å². The molecule has 0 heterocycles. The summed E-state index contributed by atoms with van der Waals surface area (Å²) in [6, 6.07) is 21.7. The molecule has 0 saturated carbocycles. The summed E-state index contributed by atoms with van der Waals surface area (Å²) in [6.07, 6.45) is 0.334. The van der Waals surface area contributed by atoms with Crippen LogP contribution in [0.25, 0.3) is 0 Å². The Kier molecular flexibility index (Phi) is 10.0. The molecule has 0 spiro atoms. The number of amides is 2. The molecule has 0 fully saturated rings. The molecule has 0 aliphatic rings. The Morgan fingerprint density at radius 2 is 1.54 bits per heavy atom. The summed E-state index contributed by atoms with van der Waals surface area (Å²) in [5.41, 5.74) is 2.69. The van der Waals surface area contributed by atoms with Crippen molar-refractivity contribution in [2.45, 2.75) is 52.1 Å². The summed E-state index contributed by atoms with van der Waals surface area (Å²) >= 11 is 12.9. The van der Waals surface area contributed by atoms with Crippen LogP contribution < -0.4 is 10.1 Å². The highest BCUT2D eigenvalue weighted by Crippen LogP contribution is 2.28. The van der Waals surface area contributed by atoms with Crippen molar-refractivity contribution in [1.82, 2.24) is 10.2 Å². The average Bonchev–Trinajstić information content (AvgIpc) is 2.86. The molecule has 5 nitrogen and oxygen atoms in total. The minimum absolute atomic E-state index is 0.0106. The third-order valence-corrected chi connectivity index (χ3v) is 6.80. The average molecular weight is 542 g/mol. The minimum Gasteiger partial charge on any atom is -0.484 e. The van der Waals surface area contributed by atoms with Gasteiger partial charge in [0, 0.05) is 35.1 Å². The fraction of sp³-hybridized carbons (Fsp3) is 0.333. The van der Waals surface area contributed by atoms with Crippen molar-refractivity contribution in [2.75, 3.05) is 13.2 Å². The molecule has 0 saturated heterocycles. The Bertz CT molecular complexity index is 1170. The van der Waals surface area contributed by atoms with Crippen molar-refractivity contribution < 1.29 is 14.3 Å². The monoisotopic (exact) mass is 540 g/mol. The lowest BCUT2D eigenvalue weighted by Gasteiger charge is -2.32. The maximum absolute atomic E-state index is 13.6. The van der Waals surface area contributed by atoms with Crippen molar-refractivity contribution in [2.24, 2.45) is 0 Å². The van der Waals surface area contributed by atoms with Gasteiger partial charge in [-0.05, 0) is 47.7 Å². The van der Waals surface area contributed by atoms with Crippen LogP contribution in [0.2, 0.25) is 10.0 Å². The summed E-state index contributed by atoms with van der Waals surface area (Å²) in [6.45, 7) is 8.53. The van der Waals surface area contributed by atoms with E-state index in [2.05, 4.69) is 26.1 Å². The first-order valence-corrected chi connectivity index (χ1v) is 13.1. The molecular weight excluding hydrogens is 507 g/mol. The van der Waals surface area contributed by atoms with E-state index in [-0.39, 0.29) is 30.4 Å². The normalized spacial score (nSPS) is 12.1. The smallest absolute Gasteiger partial charge is 0.261 e. The lowest BCUT2D eigenvalue weighted by atomic mass is 9.87. The maximum Gasteiger partial charge on any atom is 0.261 e. The highest BCUT2D eigenvalue weighted by atomic mass is 35.5. The van der Waals surface area contributed by atoms with Crippen LogP contribution in [0.15, 0.2) is 72.8 Å². The van der Waals surface area contributed by atoms with Gasteiger partial charge >= 0.3 is 0 Å². The number of likely N-dealkylation sites (N-methyl/N-ethyl adjacent to an activating group) is 1. The van der Waals surface area contributed by atoms with Gasteiger partial charge in [-0.3, -0.25) is 9.59 Å². The molecule has 3 aromatic carbocycles. The zero-order valence-corrected chi connectivity index (χ0v) is 23.3. The molecule has 1 atom stereocenters. The van der Waals surface area contributed by atoms with Crippen molar-refractivity contribution in [3.8, 4) is 5.75 Å². The van der Waals surface area contributed by atoms with E-state index in [0.717, 1.165) is 5.56 Å². The van der Waals surface area contributed by atoms with Crippen LogP contribution >= 0.6 is 23.2 Å². The molecule has 0 aliphatic carbocycles. The molecule has 0 bridgehead atoms. The SMILES string of the molecule is CCNC(=O)[C@@H](Cc1ccccc1)N(Cc1c(Cl)cccc1Cl)C(=O)COc1ccc(C(C)(C)C)cc1. The van der Waals surface area contributed by atoms with Crippen LogP contribution in [-0.4, -0.2) is 35.9 Å². The summed E-state index contributed by atoms with van der Waals surface area (Å²) in [7, 11) is 0. The summed E-state index contributed by atoms with van der Waals surface area (Å²) in [5, 5.41) is 3.73. The minimum atomic E-state index is -0.783. The topological polar surface area (TPSA) is 58.6 Å². The van der Waals surface area contributed by atoms with E-state index in [1.807, 2.05) is 61.5 Å². The predicted octanol–water partition coefficient (Wildman–Crippen LogP) is 6.45. The quantitative estimate of drug-likeness (QED) is 0.321. The predicted molar refractivity (Wildman–Crippen MR) is 150 cm³/mol. The Balaban J connectivity index is 1.90. The van der Waals surface area contributed by atoms with E-state index in [4.69, 9.17) is 27.9 Å². The van der Waals surface area contributed by atoms with E-state index >= 15 is 0 Å². The molecule has 2 amide bonds. The van der Waals surface area contributed by atoms with Gasteiger partial charge in [-0.1, -0.05) is 92.5 Å². The molecular formula is C30H34Cl2N2O3. The number of carbonyl (C=O) groups is 2. The van der Waals surface area contributed by atoms with E-state index in [9.17, 15) is 9.59 Å². The highest BCUT2D eigenvalue weighted by Gasteiger charge is 2.31. The first-order valence-electron chi connectivity index (χ1n) is 12.4. The van der Waals surface area contributed by atoms with E-state index in [0.29, 0.717) is 34.3 Å². The zero-order valence-electron chi connectivity index (χ0n) is 21.8. The van der Waals surface area contributed by atoms with Crippen LogP contribution in [0.5, 0.6) is 5.75 Å². The van der Waals surface area contributed by atoms with Crippen LogP contribution in [0.3, 0.4) is 0 Å². The molecule has 1 N–H and O–H groups in total. The number of nitrogens with zero attached hydrogens (tertiary/aromatic N) is 1. The van der Waals surface area contributed by atoms with Crippen LogP contribution in [0.1, 0.15) is 44.4 Å². The Morgan fingerprint density at radius 3 is 2.11 bits per heavy atom. The van der Waals surface area contributed by atoms with Gasteiger partial charge in [-0.15, -0.1) is 0 Å². The van der Waals surface area contributed by atoms with Crippen molar-refractivity contribution >= 4 is 35.0 Å². The first-order chi connectivity index (χ1) is 17.6. The van der Waals surface area contributed by atoms with E-state index in [1.165, 1.54) is 10.5 Å². The standard InChI is InChI=1S/C30H34Cl2N2O3/c1-5-33-29(36)27(18-21-10-7-6-8-11-21)34(19-24-25(31)12-9-13-26(24)32)28(35)20-37-23-16-14-22(15-17-23)30(2,3)4/h6-17,27H,5,18-20H2,1-4H3,(H,33,36)/t27-/m1/s1. The zero-order chi connectivity index (χ0) is 27.0. The van der Waals surface area contributed by atoms with Crippen molar-refractivity contribution in [3.63, 3.8) is 0 Å². The second-order valence-corrected chi connectivity index (χ2v) is 10.7. The number of rotatable bonds is 10. The molecule has 3 rings (SSSR count). The number of halogens is 2. The lowest BCUT2D eigenvalue weighted by Crippen LogP contribution is -2.51. The number of benzene rings is 3. The molecule has 0 aliphatic heterocycles. The van der Waals surface area contributed by atoms with Crippen molar-refractivity contribution in [3.05, 3.63) is 99.5 Å². The number of nitrogens with one attached hydrogen (secondary N) is 1. The van der Waals surface area contributed by atoms with Gasteiger partial charge in [0.15, 0.2) is 6.61 Å². The third-order valence-electron chi connectivity index (χ3n) is 6.09. The Hall–Kier alpha value is -3.02. The molecule has 37 heavy (non-hydrogen) atoms. The van der Waals surface area contributed by atoms with Gasteiger partial charge in [0.2, 0.25) is 5.91 Å². The van der Waals surface area contributed by atoms with Crippen LogP contribution in [-0.2, 0) is 28.0 Å². The number of hydrogen-bond donors (Lipinski definition) is 1. The van der Waals surface area contributed by atoms with Crippen molar-refractivity contribution in [1.29, 1.82) is 0 Å². The fourth-order valence-electron chi connectivity index (χ4n) is 3.98. The maximum atomic E-state index is 13.6. The van der Waals surface area contributed by atoms with Gasteiger partial charge < -0.3 is 15.0 Å². The summed E-state index contributed by atoms with van der Waals surface area (Å²) in [4.78, 5) is 28.4. The lowest BCUT2D eigenvalue weighted by molar-refractivity contribution is -0.142. The summed E-state index contributed by atoms with van der Waals surface area (Å²) in [5.74, 6) is -0.0184. The second kappa shape index (κ2) is 13.0. The highest BCUT2D eigenvalue weighted by molar-refractivity contribution is 6.36. The third kappa shape index (κ3) is 7.98. The molecule has 7 heteroatoms. The molecule has 0 unspecified atom stereocenters. The largest absolute Gasteiger partial charge is 0.484 e. The molecule has 3 aromatic rings. The van der Waals surface area contributed by atoms with Gasteiger partial charge in [-0.2, -0.15) is 0 Å². The van der Waals surface area contributed by atoms with Gasteiger partial charge in [0.05, 0.1) is 0 Å². The van der Waals surface area contributed by atoms with Crippen LogP contribution in [0, 0.1) is 0 Å². The van der Waals surface area contributed by atoms with Gasteiger partial charge in [0.25, 0.3) is 5.91 Å². The van der Waals surface area contributed by atoms with Crippen LogP contribution in [0.4, 0.5) is 0 Å². The number of hydrogen-bond acceptors (Lipinski definition) is 3. The summed E-state index contributed by atoms with van der Waals surface area (Å²) < 4.78 is 5.87. The molecule has 0 radical (unpaired) electrons. The fourth-order valence-corrected chi connectivity index (χ4v) is 4.50.